The molecule has 160 valence electrons. The van der Waals surface area contributed by atoms with Crippen molar-refractivity contribution in [2.24, 2.45) is 5.14 Å². The van der Waals surface area contributed by atoms with Gasteiger partial charge in [-0.3, -0.25) is 4.79 Å². The molecule has 0 saturated heterocycles. The van der Waals surface area contributed by atoms with Crippen molar-refractivity contribution in [3.05, 3.63) is 65.7 Å². The number of hydrogen-bond donors (Lipinski definition) is 2. The average Bonchev–Trinajstić information content (AvgIpc) is 2.71. The van der Waals surface area contributed by atoms with Crippen LogP contribution in [-0.4, -0.2) is 40.1 Å². The molecule has 0 bridgehead atoms. The molecule has 2 aromatic carbocycles. The van der Waals surface area contributed by atoms with Crippen LogP contribution in [0.25, 0.3) is 6.08 Å². The fraction of sp³-hybridized carbons (Fsp3) is 0.238. The van der Waals surface area contributed by atoms with Gasteiger partial charge in [-0.1, -0.05) is 30.3 Å². The lowest BCUT2D eigenvalue weighted by atomic mass is 10.1. The van der Waals surface area contributed by atoms with Crippen molar-refractivity contribution < 1.29 is 27.5 Å². The van der Waals surface area contributed by atoms with Gasteiger partial charge in [0.25, 0.3) is 5.91 Å². The van der Waals surface area contributed by atoms with Gasteiger partial charge >= 0.3 is 5.97 Å². The van der Waals surface area contributed by atoms with Crippen LogP contribution in [0.4, 0.5) is 0 Å². The van der Waals surface area contributed by atoms with Gasteiger partial charge in [0.15, 0.2) is 6.61 Å². The number of esters is 1. The summed E-state index contributed by atoms with van der Waals surface area (Å²) in [6, 6.07) is 13.3. The number of para-hydroxylation sites is 1. The molecule has 2 aromatic rings. The molecule has 9 heteroatoms. The summed E-state index contributed by atoms with van der Waals surface area (Å²) >= 11 is 0. The number of hydrogen-bond acceptors (Lipinski definition) is 6. The maximum absolute atomic E-state index is 11.8. The van der Waals surface area contributed by atoms with E-state index >= 15 is 0 Å². The number of rotatable bonds is 10. The van der Waals surface area contributed by atoms with E-state index in [4.69, 9.17) is 14.6 Å². The SMILES string of the molecule is CCOc1ccccc1/C=C/C(=O)OCC(=O)NCCc1ccc(S(N)(=O)=O)cc1. The highest BCUT2D eigenvalue weighted by molar-refractivity contribution is 7.89. The van der Waals surface area contributed by atoms with E-state index in [2.05, 4.69) is 5.32 Å². The predicted octanol–water partition coefficient (Wildman–Crippen LogP) is 1.65. The van der Waals surface area contributed by atoms with Crippen molar-refractivity contribution in [1.29, 1.82) is 0 Å². The summed E-state index contributed by atoms with van der Waals surface area (Å²) in [7, 11) is -3.73. The first-order valence-corrected chi connectivity index (χ1v) is 10.8. The second-order valence-corrected chi connectivity index (χ2v) is 7.76. The Bertz CT molecular complexity index is 1000. The molecule has 0 aliphatic heterocycles. The maximum atomic E-state index is 11.8. The summed E-state index contributed by atoms with van der Waals surface area (Å²) < 4.78 is 32.8. The lowest BCUT2D eigenvalue weighted by Gasteiger charge is -2.07. The lowest BCUT2D eigenvalue weighted by Crippen LogP contribution is -2.30. The van der Waals surface area contributed by atoms with E-state index in [1.807, 2.05) is 19.1 Å². The normalized spacial score (nSPS) is 11.3. The van der Waals surface area contributed by atoms with Gasteiger partial charge in [-0.2, -0.15) is 0 Å². The maximum Gasteiger partial charge on any atom is 0.331 e. The Labute approximate surface area is 175 Å². The molecule has 0 saturated carbocycles. The smallest absolute Gasteiger partial charge is 0.331 e. The molecule has 2 rings (SSSR count). The topological polar surface area (TPSA) is 125 Å². The van der Waals surface area contributed by atoms with Crippen LogP contribution in [0, 0.1) is 0 Å². The monoisotopic (exact) mass is 432 g/mol. The number of nitrogens with two attached hydrogens (primary N) is 1. The first kappa shape index (κ1) is 23.1. The van der Waals surface area contributed by atoms with Gasteiger partial charge in [0.1, 0.15) is 5.75 Å². The molecule has 3 N–H and O–H groups in total. The van der Waals surface area contributed by atoms with Crippen LogP contribution in [0.2, 0.25) is 0 Å². The van der Waals surface area contributed by atoms with Gasteiger partial charge in [-0.05, 0) is 43.2 Å². The lowest BCUT2D eigenvalue weighted by molar-refractivity contribution is -0.143. The summed E-state index contributed by atoms with van der Waals surface area (Å²) in [5, 5.41) is 7.67. The Morgan fingerprint density at radius 3 is 2.47 bits per heavy atom. The van der Waals surface area contributed by atoms with Crippen LogP contribution in [0.1, 0.15) is 18.1 Å². The summed E-state index contributed by atoms with van der Waals surface area (Å²) in [4.78, 5) is 23.6. The van der Waals surface area contributed by atoms with Crippen molar-refractivity contribution in [2.75, 3.05) is 19.8 Å². The molecule has 0 heterocycles. The molecule has 0 aromatic heterocycles. The van der Waals surface area contributed by atoms with Crippen LogP contribution < -0.4 is 15.2 Å². The minimum atomic E-state index is -3.73. The van der Waals surface area contributed by atoms with E-state index in [1.165, 1.54) is 18.2 Å². The number of primary sulfonamides is 1. The highest BCUT2D eigenvalue weighted by atomic mass is 32.2. The summed E-state index contributed by atoms with van der Waals surface area (Å²) in [5.41, 5.74) is 1.56. The zero-order valence-electron chi connectivity index (χ0n) is 16.5. The molecule has 1 amide bonds. The van der Waals surface area contributed by atoms with Crippen LogP contribution in [0.5, 0.6) is 5.75 Å². The quantitative estimate of drug-likeness (QED) is 0.434. The summed E-state index contributed by atoms with van der Waals surface area (Å²) in [6.07, 6.45) is 3.29. The molecular weight excluding hydrogens is 408 g/mol. The first-order chi connectivity index (χ1) is 14.3. The van der Waals surface area contributed by atoms with E-state index in [1.54, 1.807) is 30.3 Å². The summed E-state index contributed by atoms with van der Waals surface area (Å²) in [5.74, 6) is -0.429. The standard InChI is InChI=1S/C21H24N2O6S/c1-2-28-19-6-4-3-5-17(19)9-12-21(25)29-15-20(24)23-14-13-16-7-10-18(11-8-16)30(22,26)27/h3-12H,2,13-15H2,1H3,(H,23,24)(H2,22,26,27)/b12-9+. The molecule has 0 fully saturated rings. The Kier molecular flexibility index (Phi) is 8.57. The molecule has 0 spiro atoms. The molecule has 0 aliphatic rings. The number of amides is 1. The highest BCUT2D eigenvalue weighted by Crippen LogP contribution is 2.19. The number of benzene rings is 2. The van der Waals surface area contributed by atoms with Crippen LogP contribution in [-0.2, 0) is 30.8 Å². The average molecular weight is 432 g/mol. The van der Waals surface area contributed by atoms with Gasteiger partial charge in [0.05, 0.1) is 11.5 Å². The fourth-order valence-corrected chi connectivity index (χ4v) is 3.01. The third-order valence-electron chi connectivity index (χ3n) is 3.95. The molecule has 30 heavy (non-hydrogen) atoms. The number of ether oxygens (including phenoxy) is 2. The molecule has 8 nitrogen and oxygen atoms in total. The number of nitrogens with one attached hydrogen (secondary N) is 1. The van der Waals surface area contributed by atoms with Crippen molar-refractivity contribution in [2.45, 2.75) is 18.2 Å². The highest BCUT2D eigenvalue weighted by Gasteiger charge is 2.08. The Morgan fingerprint density at radius 1 is 1.10 bits per heavy atom. The van der Waals surface area contributed by atoms with Crippen LogP contribution in [0.3, 0.4) is 0 Å². The second-order valence-electron chi connectivity index (χ2n) is 6.20. The van der Waals surface area contributed by atoms with Crippen molar-refractivity contribution in [3.63, 3.8) is 0 Å². The predicted molar refractivity (Wildman–Crippen MR) is 112 cm³/mol. The van der Waals surface area contributed by atoms with E-state index < -0.39 is 28.5 Å². The largest absolute Gasteiger partial charge is 0.493 e. The Morgan fingerprint density at radius 2 is 1.80 bits per heavy atom. The molecular formula is C21H24N2O6S. The molecule has 0 unspecified atom stereocenters. The molecule has 0 atom stereocenters. The van der Waals surface area contributed by atoms with E-state index in [-0.39, 0.29) is 4.90 Å². The minimum Gasteiger partial charge on any atom is -0.493 e. The first-order valence-electron chi connectivity index (χ1n) is 9.24. The molecule has 0 aliphatic carbocycles. The van der Waals surface area contributed by atoms with Crippen molar-refractivity contribution in [3.8, 4) is 5.75 Å². The van der Waals surface area contributed by atoms with E-state index in [0.29, 0.717) is 25.3 Å². The van der Waals surface area contributed by atoms with Crippen LogP contribution in [0.15, 0.2) is 59.5 Å². The molecule has 0 radical (unpaired) electrons. The van der Waals surface area contributed by atoms with Gasteiger partial charge < -0.3 is 14.8 Å². The minimum absolute atomic E-state index is 0.0270. The van der Waals surface area contributed by atoms with Crippen molar-refractivity contribution in [1.82, 2.24) is 5.32 Å². The van der Waals surface area contributed by atoms with Crippen LogP contribution >= 0.6 is 0 Å². The summed E-state index contributed by atoms with van der Waals surface area (Å²) in [6.45, 7) is 2.28. The van der Waals surface area contributed by atoms with E-state index in [0.717, 1.165) is 11.1 Å². The van der Waals surface area contributed by atoms with E-state index in [9.17, 15) is 18.0 Å². The fourth-order valence-electron chi connectivity index (χ4n) is 2.49. The van der Waals surface area contributed by atoms with Crippen molar-refractivity contribution >= 4 is 28.0 Å². The Hall–Kier alpha value is -3.17. The van der Waals surface area contributed by atoms with Gasteiger partial charge in [0, 0.05) is 18.2 Å². The van der Waals surface area contributed by atoms with Gasteiger partial charge in [0.2, 0.25) is 10.0 Å². The second kappa shape index (κ2) is 11.1. The third-order valence-corrected chi connectivity index (χ3v) is 4.88. The number of carbonyl (C=O) groups is 2. The number of carbonyl (C=O) groups excluding carboxylic acids is 2. The zero-order valence-corrected chi connectivity index (χ0v) is 17.4. The van der Waals surface area contributed by atoms with Gasteiger partial charge in [-0.25, -0.2) is 18.4 Å². The zero-order chi connectivity index (χ0) is 22.0. The third kappa shape index (κ3) is 7.69. The Balaban J connectivity index is 1.73. The number of sulfonamides is 1. The van der Waals surface area contributed by atoms with Gasteiger partial charge in [-0.15, -0.1) is 0 Å².